The van der Waals surface area contributed by atoms with Crippen molar-refractivity contribution in [3.8, 4) is 5.75 Å². The van der Waals surface area contributed by atoms with E-state index in [2.05, 4.69) is 11.5 Å². The van der Waals surface area contributed by atoms with Crippen LogP contribution in [0.25, 0.3) is 0 Å². The van der Waals surface area contributed by atoms with Gasteiger partial charge in [0.05, 0.1) is 0 Å². The molecule has 0 heterocycles. The highest BCUT2D eigenvalue weighted by molar-refractivity contribution is 5.27. The third-order valence-electron chi connectivity index (χ3n) is 2.45. The van der Waals surface area contributed by atoms with Gasteiger partial charge in [0, 0.05) is 6.42 Å². The summed E-state index contributed by atoms with van der Waals surface area (Å²) >= 11 is 0. The molecule has 1 aromatic carbocycles. The fourth-order valence-corrected chi connectivity index (χ4v) is 1.63. The highest BCUT2D eigenvalue weighted by Crippen LogP contribution is 2.16. The summed E-state index contributed by atoms with van der Waals surface area (Å²) in [5.41, 5.74) is 7.72. The molecular formula is C14H14NO3-. The van der Waals surface area contributed by atoms with Crippen LogP contribution in [0.4, 0.5) is 0 Å². The minimum absolute atomic E-state index is 0.135. The van der Waals surface area contributed by atoms with E-state index in [-0.39, 0.29) is 11.5 Å². The van der Waals surface area contributed by atoms with Crippen LogP contribution in [0, 0.1) is 12.1 Å². The molecule has 1 unspecified atom stereocenters. The van der Waals surface area contributed by atoms with Crippen LogP contribution in [-0.2, 0) is 4.84 Å². The Morgan fingerprint density at radius 2 is 2.22 bits per heavy atom. The van der Waals surface area contributed by atoms with Crippen molar-refractivity contribution in [3.05, 3.63) is 58.1 Å². The number of benzene rings is 1. The van der Waals surface area contributed by atoms with Gasteiger partial charge in [-0.2, -0.15) is 0 Å². The minimum Gasteiger partial charge on any atom is -0.728 e. The Bertz CT molecular complexity index is 526. The van der Waals surface area contributed by atoms with Crippen LogP contribution in [0.1, 0.15) is 18.9 Å². The lowest BCUT2D eigenvalue weighted by atomic mass is 10.1. The Balaban J connectivity index is 1.90. The zero-order chi connectivity index (χ0) is 13.0. The Hall–Kier alpha value is -1.80. The third-order valence-corrected chi connectivity index (χ3v) is 2.45. The number of hydrogen-bond acceptors (Lipinski definition) is 4. The van der Waals surface area contributed by atoms with Gasteiger partial charge in [-0.25, -0.2) is 0 Å². The molecule has 0 saturated heterocycles. The van der Waals surface area contributed by atoms with E-state index in [1.54, 1.807) is 18.2 Å². The Morgan fingerprint density at radius 3 is 2.94 bits per heavy atom. The molecule has 1 aliphatic carbocycles. The second kappa shape index (κ2) is 5.69. The molecule has 0 bridgehead atoms. The van der Waals surface area contributed by atoms with Gasteiger partial charge in [0.2, 0.25) is 0 Å². The summed E-state index contributed by atoms with van der Waals surface area (Å²) < 4.78 is 0. The average Bonchev–Trinajstić information content (AvgIpc) is 2.28. The normalized spacial score (nSPS) is 18.0. The molecular weight excluding hydrogens is 230 g/mol. The molecule has 1 aromatic rings. The quantitative estimate of drug-likeness (QED) is 0.603. The van der Waals surface area contributed by atoms with Crippen LogP contribution < -0.4 is 4.84 Å². The van der Waals surface area contributed by atoms with E-state index in [1.165, 1.54) is 0 Å². The summed E-state index contributed by atoms with van der Waals surface area (Å²) in [5.74, 6) is 0.451. The van der Waals surface area contributed by atoms with E-state index in [0.29, 0.717) is 12.2 Å². The van der Waals surface area contributed by atoms with Crippen molar-refractivity contribution < 1.29 is 9.68 Å². The van der Waals surface area contributed by atoms with Crippen LogP contribution in [0.15, 0.2) is 47.4 Å². The molecule has 0 amide bonds. The average molecular weight is 244 g/mol. The van der Waals surface area contributed by atoms with E-state index in [4.69, 9.17) is 9.68 Å². The van der Waals surface area contributed by atoms with Crippen molar-refractivity contribution >= 4 is 0 Å². The SMILES string of the molecule is CC1=C=C=CC(ON([O-])Oc2cccc(C)c2)C1. The summed E-state index contributed by atoms with van der Waals surface area (Å²) in [6.45, 7) is 3.83. The lowest BCUT2D eigenvalue weighted by Crippen LogP contribution is -2.27. The van der Waals surface area contributed by atoms with Gasteiger partial charge in [-0.3, -0.25) is 4.84 Å². The first-order valence-corrected chi connectivity index (χ1v) is 5.69. The predicted octanol–water partition coefficient (Wildman–Crippen LogP) is 3.05. The summed E-state index contributed by atoms with van der Waals surface area (Å²) in [6.07, 6.45) is 1.91. The predicted molar refractivity (Wildman–Crippen MR) is 67.3 cm³/mol. The number of rotatable bonds is 4. The van der Waals surface area contributed by atoms with Crippen molar-refractivity contribution in [1.29, 1.82) is 0 Å². The maximum Gasteiger partial charge on any atom is 0.149 e. The van der Waals surface area contributed by atoms with Gasteiger partial charge in [0.1, 0.15) is 11.9 Å². The van der Waals surface area contributed by atoms with Gasteiger partial charge in [-0.1, -0.05) is 29.0 Å². The molecule has 0 spiro atoms. The lowest BCUT2D eigenvalue weighted by molar-refractivity contribution is -0.298. The first kappa shape index (κ1) is 12.7. The molecule has 18 heavy (non-hydrogen) atoms. The second-order valence-corrected chi connectivity index (χ2v) is 4.20. The third kappa shape index (κ3) is 3.60. The fraction of sp³-hybridized carbons (Fsp3) is 0.286. The topological polar surface area (TPSA) is 44.8 Å². The Labute approximate surface area is 106 Å². The fourth-order valence-electron chi connectivity index (χ4n) is 1.63. The zero-order valence-electron chi connectivity index (χ0n) is 10.3. The molecule has 2 rings (SSSR count). The molecule has 0 radical (unpaired) electrons. The second-order valence-electron chi connectivity index (χ2n) is 4.20. The minimum atomic E-state index is -0.353. The van der Waals surface area contributed by atoms with Gasteiger partial charge >= 0.3 is 0 Å². The van der Waals surface area contributed by atoms with Crippen molar-refractivity contribution in [3.63, 3.8) is 0 Å². The van der Waals surface area contributed by atoms with Crippen LogP contribution in [-0.4, -0.2) is 11.5 Å². The monoisotopic (exact) mass is 244 g/mol. The molecule has 1 atom stereocenters. The summed E-state index contributed by atoms with van der Waals surface area (Å²) in [7, 11) is 0. The molecule has 4 nitrogen and oxygen atoms in total. The van der Waals surface area contributed by atoms with Crippen molar-refractivity contribution in [2.24, 2.45) is 0 Å². The van der Waals surface area contributed by atoms with E-state index >= 15 is 0 Å². The van der Waals surface area contributed by atoms with Gasteiger partial charge in [-0.05, 0) is 43.2 Å². The molecule has 1 aliphatic rings. The van der Waals surface area contributed by atoms with Crippen molar-refractivity contribution in [2.75, 3.05) is 0 Å². The van der Waals surface area contributed by atoms with Crippen LogP contribution >= 0.6 is 0 Å². The zero-order valence-corrected chi connectivity index (χ0v) is 10.3. The van der Waals surface area contributed by atoms with Crippen LogP contribution in [0.2, 0.25) is 0 Å². The van der Waals surface area contributed by atoms with E-state index in [0.717, 1.165) is 11.1 Å². The van der Waals surface area contributed by atoms with Gasteiger partial charge in [0.15, 0.2) is 0 Å². The van der Waals surface area contributed by atoms with Crippen molar-refractivity contribution in [2.45, 2.75) is 26.4 Å². The maximum atomic E-state index is 11.5. The first-order valence-electron chi connectivity index (χ1n) is 5.69. The van der Waals surface area contributed by atoms with Gasteiger partial charge < -0.3 is 10.0 Å². The molecule has 0 N–H and O–H groups in total. The Morgan fingerprint density at radius 1 is 1.39 bits per heavy atom. The van der Waals surface area contributed by atoms with Gasteiger partial charge in [-0.15, -0.1) is 0 Å². The molecule has 0 saturated carbocycles. The molecule has 0 aliphatic heterocycles. The van der Waals surface area contributed by atoms with E-state index in [1.807, 2.05) is 26.0 Å². The summed E-state index contributed by atoms with van der Waals surface area (Å²) in [6, 6.07) is 7.19. The van der Waals surface area contributed by atoms with Crippen LogP contribution in [0.3, 0.4) is 0 Å². The summed E-state index contributed by atoms with van der Waals surface area (Å²) in [5, 5.41) is 11.6. The van der Waals surface area contributed by atoms with Gasteiger partial charge in [0.25, 0.3) is 0 Å². The first-order chi connectivity index (χ1) is 8.63. The highest BCUT2D eigenvalue weighted by atomic mass is 17.1. The van der Waals surface area contributed by atoms with Crippen molar-refractivity contribution in [1.82, 2.24) is 5.39 Å². The largest absolute Gasteiger partial charge is 0.728 e. The lowest BCUT2D eigenvalue weighted by Gasteiger charge is -2.29. The smallest absolute Gasteiger partial charge is 0.149 e. The van der Waals surface area contributed by atoms with E-state index < -0.39 is 0 Å². The maximum absolute atomic E-state index is 11.5. The van der Waals surface area contributed by atoms with E-state index in [9.17, 15) is 5.21 Å². The standard InChI is InChI=1S/C14H14NO3/c1-11-5-3-7-13(9-11)17-15(16)18-14-8-4-6-12(2)10-14/h3,5,7-9,14H,10H2,1-2H3/q-1. The number of hydrogen-bond donors (Lipinski definition) is 0. The van der Waals surface area contributed by atoms with Crippen LogP contribution in [0.5, 0.6) is 5.75 Å². The Kier molecular flexibility index (Phi) is 4.00. The number of aryl methyl sites for hydroxylation is 1. The molecule has 4 heteroatoms. The molecule has 94 valence electrons. The molecule has 0 fully saturated rings. The summed E-state index contributed by atoms with van der Waals surface area (Å²) in [4.78, 5) is 10.1. The molecule has 0 aromatic heterocycles. The number of nitrogens with zero attached hydrogens (tertiary/aromatic N) is 1. The highest BCUT2D eigenvalue weighted by Gasteiger charge is 2.10.